The monoisotopic (exact) mass is 380 g/mol. The Morgan fingerprint density at radius 2 is 1.96 bits per heavy atom. The summed E-state index contributed by atoms with van der Waals surface area (Å²) >= 11 is 0. The third kappa shape index (κ3) is 4.57. The van der Waals surface area contributed by atoms with E-state index in [-0.39, 0.29) is 17.5 Å². The van der Waals surface area contributed by atoms with E-state index in [1.807, 2.05) is 63.2 Å². The summed E-state index contributed by atoms with van der Waals surface area (Å²) in [6.45, 7) is 6.93. The van der Waals surface area contributed by atoms with Crippen molar-refractivity contribution in [2.45, 2.75) is 39.3 Å². The minimum Gasteiger partial charge on any atom is -0.339 e. The number of rotatable bonds is 4. The average Bonchev–Trinajstić information content (AvgIpc) is 2.95. The molecule has 28 heavy (non-hydrogen) atoms. The van der Waals surface area contributed by atoms with Crippen molar-refractivity contribution in [3.8, 4) is 0 Å². The first kappa shape index (κ1) is 20.0. The lowest BCUT2D eigenvalue weighted by atomic mass is 9.89. The fourth-order valence-corrected chi connectivity index (χ4v) is 3.45. The first-order chi connectivity index (χ1) is 13.3. The van der Waals surface area contributed by atoms with Gasteiger partial charge in [-0.1, -0.05) is 49.7 Å². The highest BCUT2D eigenvalue weighted by atomic mass is 16.2. The van der Waals surface area contributed by atoms with Crippen LogP contribution in [0.4, 0.5) is 0 Å². The fraction of sp³-hybridized carbons (Fsp3) is 0.409. The molecule has 1 aromatic carbocycles. The van der Waals surface area contributed by atoms with Gasteiger partial charge in [-0.05, 0) is 36.5 Å². The number of likely N-dealkylation sites (tertiary alicyclic amines) is 1. The molecule has 6 heteroatoms. The van der Waals surface area contributed by atoms with Gasteiger partial charge >= 0.3 is 11.8 Å². The van der Waals surface area contributed by atoms with Gasteiger partial charge in [-0.25, -0.2) is 0 Å². The van der Waals surface area contributed by atoms with E-state index in [4.69, 9.17) is 5.73 Å². The van der Waals surface area contributed by atoms with Gasteiger partial charge in [0.2, 0.25) is 0 Å². The topological polar surface area (TPSA) is 88.3 Å². The van der Waals surface area contributed by atoms with E-state index in [1.165, 1.54) is 5.56 Å². The molecule has 0 spiro atoms. The van der Waals surface area contributed by atoms with Crippen LogP contribution in [0.1, 0.15) is 36.7 Å². The van der Waals surface area contributed by atoms with Crippen molar-refractivity contribution in [1.29, 1.82) is 0 Å². The van der Waals surface area contributed by atoms with Gasteiger partial charge in [0.25, 0.3) is 0 Å². The van der Waals surface area contributed by atoms with Crippen LogP contribution in [-0.2, 0) is 16.0 Å². The van der Waals surface area contributed by atoms with Gasteiger partial charge in [0.05, 0.1) is 11.7 Å². The Balaban J connectivity index is 1.74. The Morgan fingerprint density at radius 1 is 1.25 bits per heavy atom. The zero-order valence-corrected chi connectivity index (χ0v) is 16.7. The Hall–Kier alpha value is -2.73. The third-order valence-electron chi connectivity index (χ3n) is 5.41. The molecule has 3 N–H and O–H groups in total. The van der Waals surface area contributed by atoms with Crippen LogP contribution >= 0.6 is 0 Å². The number of nitrogens with zero attached hydrogens (tertiary/aromatic N) is 2. The highest BCUT2D eigenvalue weighted by Crippen LogP contribution is 2.28. The molecule has 0 saturated carbocycles. The summed E-state index contributed by atoms with van der Waals surface area (Å²) in [5.74, 6) is -1.15. The molecule has 1 aliphatic heterocycles. The molecular weight excluding hydrogens is 352 g/mol. The van der Waals surface area contributed by atoms with Gasteiger partial charge in [0.15, 0.2) is 0 Å². The number of pyridine rings is 1. The minimum absolute atomic E-state index is 0.136. The molecule has 6 nitrogen and oxygen atoms in total. The average molecular weight is 380 g/mol. The van der Waals surface area contributed by atoms with E-state index in [2.05, 4.69) is 10.3 Å². The standard InChI is InChI=1S/C22H28N4O2/c1-15-7-9-16(10-8-15)12-18(17-6-4-5-11-24-17)25-20(27)21(28)26-13-19(23)22(2,3)14-26/h4-11,18-19H,12-14,23H2,1-3H3,(H,25,27). The van der Waals surface area contributed by atoms with Crippen LogP contribution in [0.3, 0.4) is 0 Å². The smallest absolute Gasteiger partial charge is 0.311 e. The van der Waals surface area contributed by atoms with E-state index in [9.17, 15) is 9.59 Å². The highest BCUT2D eigenvalue weighted by molar-refractivity contribution is 6.35. The fourth-order valence-electron chi connectivity index (χ4n) is 3.45. The number of nitrogens with one attached hydrogen (secondary N) is 1. The number of nitrogens with two attached hydrogens (primary N) is 1. The van der Waals surface area contributed by atoms with Gasteiger partial charge in [0.1, 0.15) is 0 Å². The number of amides is 2. The van der Waals surface area contributed by atoms with Crippen molar-refractivity contribution in [3.63, 3.8) is 0 Å². The van der Waals surface area contributed by atoms with Gasteiger partial charge in [-0.15, -0.1) is 0 Å². The van der Waals surface area contributed by atoms with E-state index in [1.54, 1.807) is 11.1 Å². The number of aromatic nitrogens is 1. The normalized spacial score (nSPS) is 19.3. The SMILES string of the molecule is Cc1ccc(CC(NC(=O)C(=O)N2CC(N)C(C)(C)C2)c2ccccn2)cc1. The van der Waals surface area contributed by atoms with Gasteiger partial charge in [0, 0.05) is 25.3 Å². The first-order valence-electron chi connectivity index (χ1n) is 9.58. The van der Waals surface area contributed by atoms with Crippen molar-refractivity contribution in [2.24, 2.45) is 11.1 Å². The quantitative estimate of drug-likeness (QED) is 0.794. The maximum atomic E-state index is 12.7. The Bertz CT molecular complexity index is 833. The van der Waals surface area contributed by atoms with Crippen molar-refractivity contribution in [2.75, 3.05) is 13.1 Å². The van der Waals surface area contributed by atoms with Crippen LogP contribution < -0.4 is 11.1 Å². The number of hydrogen-bond acceptors (Lipinski definition) is 4. The van der Waals surface area contributed by atoms with Crippen LogP contribution in [0.25, 0.3) is 0 Å². The summed E-state index contributed by atoms with van der Waals surface area (Å²) in [5, 5.41) is 2.88. The minimum atomic E-state index is -0.618. The van der Waals surface area contributed by atoms with Crippen LogP contribution in [-0.4, -0.2) is 40.8 Å². The third-order valence-corrected chi connectivity index (χ3v) is 5.41. The summed E-state index contributed by atoms with van der Waals surface area (Å²) in [7, 11) is 0. The molecule has 1 saturated heterocycles. The number of carbonyl (C=O) groups excluding carboxylic acids is 2. The summed E-state index contributed by atoms with van der Waals surface area (Å²) in [5.41, 5.74) is 8.88. The van der Waals surface area contributed by atoms with Crippen molar-refractivity contribution in [3.05, 3.63) is 65.5 Å². The number of carbonyl (C=O) groups is 2. The lowest BCUT2D eigenvalue weighted by molar-refractivity contribution is -0.145. The lowest BCUT2D eigenvalue weighted by Gasteiger charge is -2.22. The molecule has 0 radical (unpaired) electrons. The molecule has 148 valence electrons. The predicted molar refractivity (Wildman–Crippen MR) is 108 cm³/mol. The maximum absolute atomic E-state index is 12.7. The molecule has 1 aliphatic rings. The molecule has 1 fully saturated rings. The van der Waals surface area contributed by atoms with E-state index >= 15 is 0 Å². The molecule has 2 heterocycles. The zero-order valence-electron chi connectivity index (χ0n) is 16.7. The molecule has 2 unspecified atom stereocenters. The van der Waals surface area contributed by atoms with E-state index in [0.29, 0.717) is 19.5 Å². The molecule has 3 rings (SSSR count). The van der Waals surface area contributed by atoms with Gasteiger partial charge < -0.3 is 16.0 Å². The maximum Gasteiger partial charge on any atom is 0.311 e. The summed E-state index contributed by atoms with van der Waals surface area (Å²) in [6, 6.07) is 13.2. The van der Waals surface area contributed by atoms with Crippen molar-refractivity contribution >= 4 is 11.8 Å². The van der Waals surface area contributed by atoms with Crippen LogP contribution in [0.15, 0.2) is 48.7 Å². The second-order valence-electron chi connectivity index (χ2n) is 8.25. The molecule has 2 aromatic rings. The van der Waals surface area contributed by atoms with Crippen LogP contribution in [0.5, 0.6) is 0 Å². The molecule has 1 aromatic heterocycles. The van der Waals surface area contributed by atoms with E-state index in [0.717, 1.165) is 11.3 Å². The summed E-state index contributed by atoms with van der Waals surface area (Å²) in [6.07, 6.45) is 2.24. The second kappa shape index (κ2) is 8.10. The summed E-state index contributed by atoms with van der Waals surface area (Å²) < 4.78 is 0. The van der Waals surface area contributed by atoms with Gasteiger partial charge in [-0.3, -0.25) is 14.6 Å². The molecule has 2 atom stereocenters. The van der Waals surface area contributed by atoms with Crippen molar-refractivity contribution in [1.82, 2.24) is 15.2 Å². The number of aryl methyl sites for hydroxylation is 1. The first-order valence-corrected chi connectivity index (χ1v) is 9.58. The Morgan fingerprint density at radius 3 is 2.54 bits per heavy atom. The van der Waals surface area contributed by atoms with E-state index < -0.39 is 11.8 Å². The van der Waals surface area contributed by atoms with Crippen LogP contribution in [0.2, 0.25) is 0 Å². The van der Waals surface area contributed by atoms with Crippen LogP contribution in [0, 0.1) is 12.3 Å². The predicted octanol–water partition coefficient (Wildman–Crippen LogP) is 1.99. The van der Waals surface area contributed by atoms with Crippen molar-refractivity contribution < 1.29 is 9.59 Å². The Kier molecular flexibility index (Phi) is 5.79. The summed E-state index contributed by atoms with van der Waals surface area (Å²) in [4.78, 5) is 31.3. The number of benzene rings is 1. The van der Waals surface area contributed by atoms with Gasteiger partial charge in [-0.2, -0.15) is 0 Å². The molecular formula is C22H28N4O2. The molecule has 0 bridgehead atoms. The second-order valence-corrected chi connectivity index (χ2v) is 8.25. The molecule has 2 amide bonds. The zero-order chi connectivity index (χ0) is 20.3. The lowest BCUT2D eigenvalue weighted by Crippen LogP contribution is -2.44. The largest absolute Gasteiger partial charge is 0.339 e. The highest BCUT2D eigenvalue weighted by Gasteiger charge is 2.41. The Labute approximate surface area is 166 Å². The molecule has 0 aliphatic carbocycles. The number of hydrogen-bond donors (Lipinski definition) is 2.